The average molecular weight is 499 g/mol. The largest absolute Gasteiger partial charge is 0.376 e. The molecule has 0 aliphatic carbocycles. The molecule has 4 rings (SSSR count). The van der Waals surface area contributed by atoms with Crippen LogP contribution in [0.1, 0.15) is 28.8 Å². The van der Waals surface area contributed by atoms with Crippen molar-refractivity contribution in [3.8, 4) is 17.7 Å². The molecule has 4 aromatic rings. The summed E-state index contributed by atoms with van der Waals surface area (Å²) >= 11 is 0. The molecular weight excluding hydrogens is 472 g/mol. The van der Waals surface area contributed by atoms with Gasteiger partial charge >= 0.3 is 0 Å². The summed E-state index contributed by atoms with van der Waals surface area (Å²) in [4.78, 5) is 31.2. The third kappa shape index (κ3) is 5.45. The minimum Gasteiger partial charge on any atom is -0.376 e. The maximum atomic E-state index is 13.4. The van der Waals surface area contributed by atoms with Crippen molar-refractivity contribution in [1.29, 1.82) is 0 Å². The molecule has 37 heavy (non-hydrogen) atoms. The van der Waals surface area contributed by atoms with Gasteiger partial charge in [0.05, 0.1) is 18.2 Å². The fourth-order valence-electron chi connectivity index (χ4n) is 3.59. The van der Waals surface area contributed by atoms with Crippen LogP contribution in [0, 0.1) is 11.8 Å². The molecule has 188 valence electrons. The monoisotopic (exact) mass is 498 g/mol. The summed E-state index contributed by atoms with van der Waals surface area (Å²) in [5, 5.41) is 15.9. The molecule has 0 aliphatic rings. The van der Waals surface area contributed by atoms with Crippen molar-refractivity contribution >= 4 is 22.8 Å². The van der Waals surface area contributed by atoms with E-state index in [1.807, 2.05) is 0 Å². The maximum absolute atomic E-state index is 13.4. The highest BCUT2D eigenvalue weighted by molar-refractivity contribution is 6.05. The van der Waals surface area contributed by atoms with Crippen molar-refractivity contribution in [3.05, 3.63) is 78.7 Å². The molecule has 3 N–H and O–H groups in total. The second kappa shape index (κ2) is 10.5. The van der Waals surface area contributed by atoms with Gasteiger partial charge in [0.25, 0.3) is 5.91 Å². The number of fused-ring (bicyclic) bond motifs is 1. The minimum atomic E-state index is -1.57. The Labute approximate surface area is 213 Å². The van der Waals surface area contributed by atoms with Gasteiger partial charge in [-0.25, -0.2) is 19.6 Å². The van der Waals surface area contributed by atoms with Gasteiger partial charge in [0.2, 0.25) is 5.95 Å². The Hall–Kier alpha value is -4.66. The predicted octanol–water partition coefficient (Wildman–Crippen LogP) is 1.72. The topological polar surface area (TPSA) is 145 Å². The van der Waals surface area contributed by atoms with Crippen molar-refractivity contribution in [2.45, 2.75) is 18.6 Å². The number of amides is 1. The zero-order valence-corrected chi connectivity index (χ0v) is 20.7. The van der Waals surface area contributed by atoms with Crippen molar-refractivity contribution in [3.63, 3.8) is 0 Å². The number of rotatable bonds is 7. The van der Waals surface area contributed by atoms with E-state index in [2.05, 4.69) is 43.5 Å². The summed E-state index contributed by atoms with van der Waals surface area (Å²) in [5.74, 6) is 6.11. The highest BCUT2D eigenvalue weighted by atomic mass is 16.5. The number of anilines is 1. The summed E-state index contributed by atoms with van der Waals surface area (Å²) in [6.07, 6.45) is 5.88. The predicted molar refractivity (Wildman–Crippen MR) is 138 cm³/mol. The lowest BCUT2D eigenvalue weighted by atomic mass is 10.1. The molecule has 0 fully saturated rings. The van der Waals surface area contributed by atoms with E-state index in [0.29, 0.717) is 28.8 Å². The number of benzene rings is 1. The number of nitrogens with two attached hydrogens (primary N) is 1. The Bertz CT molecular complexity index is 1500. The second-order valence-corrected chi connectivity index (χ2v) is 8.36. The Balaban J connectivity index is 1.79. The number of nitrogens with zero attached hydrogens (tertiary/aromatic N) is 7. The Morgan fingerprint density at radius 3 is 2.73 bits per heavy atom. The summed E-state index contributed by atoms with van der Waals surface area (Å²) in [7, 11) is 3.22. The molecule has 0 saturated heterocycles. The number of hydrogen-bond acceptors (Lipinski definition) is 9. The van der Waals surface area contributed by atoms with Gasteiger partial charge in [-0.05, 0) is 31.2 Å². The van der Waals surface area contributed by atoms with Crippen LogP contribution in [0.4, 0.5) is 5.95 Å². The Morgan fingerprint density at radius 2 is 2.05 bits per heavy atom. The first-order chi connectivity index (χ1) is 17.7. The van der Waals surface area contributed by atoms with Gasteiger partial charge in [-0.3, -0.25) is 4.79 Å². The van der Waals surface area contributed by atoms with E-state index in [1.165, 1.54) is 35.1 Å². The van der Waals surface area contributed by atoms with Crippen LogP contribution in [-0.2, 0) is 10.3 Å². The first-order valence-corrected chi connectivity index (χ1v) is 11.3. The molecule has 0 bridgehead atoms. The average Bonchev–Trinajstić information content (AvgIpc) is 3.29. The van der Waals surface area contributed by atoms with E-state index in [9.17, 15) is 9.90 Å². The van der Waals surface area contributed by atoms with Crippen LogP contribution < -0.4 is 5.73 Å². The third-order valence-electron chi connectivity index (χ3n) is 5.58. The number of ether oxygens (including phenoxy) is 1. The van der Waals surface area contributed by atoms with Crippen LogP contribution >= 0.6 is 0 Å². The van der Waals surface area contributed by atoms with Crippen molar-refractivity contribution in [2.75, 3.05) is 26.4 Å². The van der Waals surface area contributed by atoms with Crippen molar-refractivity contribution in [2.24, 2.45) is 0 Å². The van der Waals surface area contributed by atoms with Crippen LogP contribution in [-0.4, -0.2) is 72.4 Å². The normalized spacial score (nSPS) is 13.3. The van der Waals surface area contributed by atoms with Gasteiger partial charge in [-0.2, -0.15) is 10.1 Å². The molecule has 2 atom stereocenters. The highest BCUT2D eigenvalue weighted by Gasteiger charge is 2.25. The molecular formula is C26H26N8O3. The SMILES string of the molecule is C=CC(CN(C)C(=O)c1nn(-c2ccnc(N)n2)c2cc(C#CC(C)(O)c3ncccn3)ccc12)OC. The molecule has 1 amide bonds. The lowest BCUT2D eigenvalue weighted by Gasteiger charge is -2.20. The quantitative estimate of drug-likeness (QED) is 0.287. The second-order valence-electron chi connectivity index (χ2n) is 8.36. The number of carbonyl (C=O) groups excluding carboxylic acids is 1. The van der Waals surface area contributed by atoms with Crippen molar-refractivity contribution < 1.29 is 14.6 Å². The zero-order chi connectivity index (χ0) is 26.6. The fraction of sp³-hybridized carbons (Fsp3) is 0.231. The standard InChI is InChI=1S/C26H26N8O3/c1-5-18(37-4)16-33(3)23(35)22-19-8-7-17(9-11-26(2,36)24-28-12-6-13-29-24)15-20(19)34(32-22)21-10-14-30-25(27)31-21/h5-8,10,12-15,18,36H,1,16H2,2-4H3,(H2,27,30,31). The summed E-state index contributed by atoms with van der Waals surface area (Å²) in [5.41, 5.74) is 5.60. The van der Waals surface area contributed by atoms with E-state index < -0.39 is 5.60 Å². The Kier molecular flexibility index (Phi) is 7.24. The lowest BCUT2D eigenvalue weighted by molar-refractivity contribution is 0.0658. The number of carbonyl (C=O) groups is 1. The van der Waals surface area contributed by atoms with Gasteiger partial charge in [0.1, 0.15) is 0 Å². The molecule has 11 heteroatoms. The zero-order valence-electron chi connectivity index (χ0n) is 20.7. The first-order valence-electron chi connectivity index (χ1n) is 11.3. The van der Waals surface area contributed by atoms with Crippen LogP contribution in [0.25, 0.3) is 16.7 Å². The smallest absolute Gasteiger partial charge is 0.274 e. The first kappa shape index (κ1) is 25.4. The van der Waals surface area contributed by atoms with Gasteiger partial charge in [0, 0.05) is 49.8 Å². The molecule has 2 unspecified atom stereocenters. The third-order valence-corrected chi connectivity index (χ3v) is 5.58. The summed E-state index contributed by atoms with van der Waals surface area (Å²) in [6.45, 7) is 5.55. The van der Waals surface area contributed by atoms with Gasteiger partial charge in [-0.15, -0.1) is 6.58 Å². The molecule has 1 aromatic carbocycles. The van der Waals surface area contributed by atoms with Crippen molar-refractivity contribution in [1.82, 2.24) is 34.6 Å². The summed E-state index contributed by atoms with van der Waals surface area (Å²) in [6, 6.07) is 8.55. The van der Waals surface area contributed by atoms with E-state index in [4.69, 9.17) is 10.5 Å². The molecule has 0 aliphatic heterocycles. The molecule has 0 spiro atoms. The molecule has 3 aromatic heterocycles. The van der Waals surface area contributed by atoms with Gasteiger partial charge in [0.15, 0.2) is 22.9 Å². The lowest BCUT2D eigenvalue weighted by Crippen LogP contribution is -2.34. The summed E-state index contributed by atoms with van der Waals surface area (Å²) < 4.78 is 6.83. The van der Waals surface area contributed by atoms with Crippen LogP contribution in [0.5, 0.6) is 0 Å². The van der Waals surface area contributed by atoms with E-state index >= 15 is 0 Å². The van der Waals surface area contributed by atoms with Crippen LogP contribution in [0.3, 0.4) is 0 Å². The minimum absolute atomic E-state index is 0.0647. The highest BCUT2D eigenvalue weighted by Crippen LogP contribution is 2.24. The van der Waals surface area contributed by atoms with E-state index in [1.54, 1.807) is 50.6 Å². The maximum Gasteiger partial charge on any atom is 0.274 e. The van der Waals surface area contributed by atoms with E-state index in [-0.39, 0.29) is 29.5 Å². The van der Waals surface area contributed by atoms with Gasteiger partial charge < -0.3 is 20.5 Å². The number of aromatic nitrogens is 6. The number of aliphatic hydroxyl groups is 1. The van der Waals surface area contributed by atoms with Crippen LogP contribution in [0.2, 0.25) is 0 Å². The Morgan fingerprint density at radius 1 is 1.30 bits per heavy atom. The number of hydrogen-bond donors (Lipinski definition) is 2. The molecule has 3 heterocycles. The number of likely N-dealkylation sites (N-methyl/N-ethyl adjacent to an activating group) is 1. The van der Waals surface area contributed by atoms with Gasteiger partial charge in [-0.1, -0.05) is 17.9 Å². The number of methoxy groups -OCH3 is 1. The fourth-order valence-corrected chi connectivity index (χ4v) is 3.59. The molecule has 0 saturated carbocycles. The molecule has 11 nitrogen and oxygen atoms in total. The number of nitrogen functional groups attached to an aromatic ring is 1. The van der Waals surface area contributed by atoms with E-state index in [0.717, 1.165) is 0 Å². The van der Waals surface area contributed by atoms with Crippen LogP contribution in [0.15, 0.2) is 61.6 Å². The molecule has 0 radical (unpaired) electrons.